The normalized spacial score (nSPS) is 21.6. The first-order valence-corrected chi connectivity index (χ1v) is 7.56. The minimum Gasteiger partial charge on any atom is -0.494 e. The quantitative estimate of drug-likeness (QED) is 0.849. The van der Waals surface area contributed by atoms with E-state index in [0.717, 1.165) is 11.1 Å². The number of nitrogens with one attached hydrogen (secondary N) is 1. The molecule has 1 aliphatic rings. The number of aromatic nitrogens is 1. The predicted octanol–water partition coefficient (Wildman–Crippen LogP) is 2.25. The highest BCUT2D eigenvalue weighted by Crippen LogP contribution is 2.35. The third kappa shape index (κ3) is 2.66. The molecule has 1 aromatic heterocycles. The van der Waals surface area contributed by atoms with Crippen LogP contribution in [0, 0.1) is 5.92 Å². The van der Waals surface area contributed by atoms with Gasteiger partial charge in [-0.2, -0.15) is 0 Å². The number of benzene rings is 1. The van der Waals surface area contributed by atoms with Crippen LogP contribution in [0.1, 0.15) is 13.3 Å². The maximum Gasteiger partial charge on any atom is 0.255 e. The molecule has 1 amide bonds. The molecule has 112 valence electrons. The van der Waals surface area contributed by atoms with E-state index in [4.69, 9.17) is 15.2 Å². The van der Waals surface area contributed by atoms with Gasteiger partial charge in [-0.05, 0) is 18.4 Å². The van der Waals surface area contributed by atoms with E-state index in [1.54, 1.807) is 13.2 Å². The van der Waals surface area contributed by atoms with Gasteiger partial charge in [0, 0.05) is 18.4 Å². The molecule has 0 bridgehead atoms. The second-order valence-corrected chi connectivity index (χ2v) is 6.17. The molecule has 0 spiro atoms. The number of ether oxygens (including phenoxy) is 2. The predicted molar refractivity (Wildman–Crippen MR) is 82.7 cm³/mol. The maximum absolute atomic E-state index is 12.2. The Balaban J connectivity index is 1.86. The molecule has 7 heteroatoms. The highest BCUT2D eigenvalue weighted by Gasteiger charge is 2.31. The number of amides is 1. The van der Waals surface area contributed by atoms with Crippen LogP contribution in [0.2, 0.25) is 0 Å². The summed E-state index contributed by atoms with van der Waals surface area (Å²) in [6.07, 6.45) is 0.506. The smallest absolute Gasteiger partial charge is 0.255 e. The van der Waals surface area contributed by atoms with Gasteiger partial charge in [-0.25, -0.2) is 4.98 Å². The fourth-order valence-electron chi connectivity index (χ4n) is 2.44. The number of rotatable bonds is 3. The molecule has 3 rings (SSSR count). The van der Waals surface area contributed by atoms with Gasteiger partial charge in [-0.3, -0.25) is 10.1 Å². The molecular weight excluding hydrogens is 290 g/mol. The second kappa shape index (κ2) is 5.50. The molecular formula is C14H17N3O3S. The van der Waals surface area contributed by atoms with Crippen LogP contribution in [0.25, 0.3) is 10.2 Å². The number of carbonyl (C=O) groups is 1. The van der Waals surface area contributed by atoms with E-state index in [-0.39, 0.29) is 11.8 Å². The molecule has 3 N–H and O–H groups in total. The minimum absolute atomic E-state index is 0.147. The monoisotopic (exact) mass is 307 g/mol. The molecule has 2 heterocycles. The lowest BCUT2D eigenvalue weighted by Crippen LogP contribution is -2.31. The third-order valence-corrected chi connectivity index (χ3v) is 4.50. The van der Waals surface area contributed by atoms with Crippen LogP contribution in [0.3, 0.4) is 0 Å². The summed E-state index contributed by atoms with van der Waals surface area (Å²) in [6.45, 7) is 2.64. The Hall–Kier alpha value is -1.86. The zero-order chi connectivity index (χ0) is 15.0. The highest BCUT2D eigenvalue weighted by molar-refractivity contribution is 7.22. The first kappa shape index (κ1) is 14.1. The molecule has 0 radical (unpaired) electrons. The topological polar surface area (TPSA) is 86.5 Å². The van der Waals surface area contributed by atoms with Crippen molar-refractivity contribution >= 4 is 38.3 Å². The van der Waals surface area contributed by atoms with Crippen molar-refractivity contribution in [3.63, 3.8) is 0 Å². The van der Waals surface area contributed by atoms with E-state index in [1.807, 2.05) is 13.0 Å². The lowest BCUT2D eigenvalue weighted by molar-refractivity contribution is -0.126. The maximum atomic E-state index is 12.2. The fraction of sp³-hybridized carbons (Fsp3) is 0.429. The van der Waals surface area contributed by atoms with Crippen molar-refractivity contribution in [2.45, 2.75) is 19.4 Å². The van der Waals surface area contributed by atoms with Crippen molar-refractivity contribution in [2.75, 3.05) is 24.8 Å². The average molecular weight is 307 g/mol. The van der Waals surface area contributed by atoms with E-state index in [1.165, 1.54) is 11.3 Å². The Morgan fingerprint density at radius 1 is 1.57 bits per heavy atom. The van der Waals surface area contributed by atoms with E-state index in [2.05, 4.69) is 10.3 Å². The molecule has 2 atom stereocenters. The summed E-state index contributed by atoms with van der Waals surface area (Å²) in [6, 6.07) is 3.54. The van der Waals surface area contributed by atoms with Crippen molar-refractivity contribution in [1.82, 2.24) is 4.98 Å². The molecule has 2 aromatic rings. The number of nitrogen functional groups attached to an aromatic ring is 1. The van der Waals surface area contributed by atoms with Gasteiger partial charge in [-0.15, -0.1) is 0 Å². The number of fused-ring (bicyclic) bond motifs is 1. The Bertz CT molecular complexity index is 685. The van der Waals surface area contributed by atoms with Gasteiger partial charge >= 0.3 is 0 Å². The molecule has 1 saturated heterocycles. The standard InChI is InChI=1S/C14H17N3O3S/c1-7-3-4-20-12(7)13(18)17-14-16-11-9(19-2)5-8(15)6-10(11)21-14/h5-7,12H,3-4,15H2,1-2H3,(H,16,17,18). The van der Waals surface area contributed by atoms with Gasteiger partial charge < -0.3 is 15.2 Å². The van der Waals surface area contributed by atoms with Crippen molar-refractivity contribution in [2.24, 2.45) is 5.92 Å². The molecule has 2 unspecified atom stereocenters. The summed E-state index contributed by atoms with van der Waals surface area (Å²) < 4.78 is 11.6. The number of nitrogens with two attached hydrogens (primary N) is 1. The van der Waals surface area contributed by atoms with E-state index >= 15 is 0 Å². The number of carbonyl (C=O) groups excluding carboxylic acids is 1. The van der Waals surface area contributed by atoms with Gasteiger partial charge in [0.2, 0.25) is 0 Å². The summed E-state index contributed by atoms with van der Waals surface area (Å²) in [5, 5.41) is 3.35. The first-order chi connectivity index (χ1) is 10.1. The Labute approximate surface area is 126 Å². The zero-order valence-electron chi connectivity index (χ0n) is 11.9. The van der Waals surface area contributed by atoms with Crippen LogP contribution in [-0.4, -0.2) is 30.7 Å². The Morgan fingerprint density at radius 3 is 3.05 bits per heavy atom. The van der Waals surface area contributed by atoms with E-state index in [9.17, 15) is 4.79 Å². The molecule has 6 nitrogen and oxygen atoms in total. The van der Waals surface area contributed by atoms with Crippen LogP contribution in [0.15, 0.2) is 12.1 Å². The number of thiazole rings is 1. The first-order valence-electron chi connectivity index (χ1n) is 6.75. The van der Waals surface area contributed by atoms with Crippen molar-refractivity contribution in [1.29, 1.82) is 0 Å². The molecule has 21 heavy (non-hydrogen) atoms. The number of hydrogen-bond acceptors (Lipinski definition) is 6. The Kier molecular flexibility index (Phi) is 3.69. The lowest BCUT2D eigenvalue weighted by atomic mass is 10.0. The van der Waals surface area contributed by atoms with Crippen LogP contribution in [0.5, 0.6) is 5.75 Å². The zero-order valence-corrected chi connectivity index (χ0v) is 12.7. The van der Waals surface area contributed by atoms with Crippen LogP contribution in [0.4, 0.5) is 10.8 Å². The van der Waals surface area contributed by atoms with Crippen molar-refractivity contribution in [3.8, 4) is 5.75 Å². The van der Waals surface area contributed by atoms with E-state index < -0.39 is 6.10 Å². The van der Waals surface area contributed by atoms with Crippen LogP contribution < -0.4 is 15.8 Å². The Morgan fingerprint density at radius 2 is 2.38 bits per heavy atom. The molecule has 1 aliphatic heterocycles. The third-order valence-electron chi connectivity index (χ3n) is 3.58. The minimum atomic E-state index is -0.399. The second-order valence-electron chi connectivity index (χ2n) is 5.14. The molecule has 0 aliphatic carbocycles. The van der Waals surface area contributed by atoms with Gasteiger partial charge in [-0.1, -0.05) is 18.3 Å². The number of nitrogens with zero attached hydrogens (tertiary/aromatic N) is 1. The molecule has 0 saturated carbocycles. The van der Waals surface area contributed by atoms with Crippen molar-refractivity contribution < 1.29 is 14.3 Å². The summed E-state index contributed by atoms with van der Waals surface area (Å²) >= 11 is 1.37. The number of methoxy groups -OCH3 is 1. The average Bonchev–Trinajstić information content (AvgIpc) is 3.03. The molecule has 1 fully saturated rings. The number of anilines is 2. The summed E-state index contributed by atoms with van der Waals surface area (Å²) in [5.74, 6) is 0.683. The van der Waals surface area contributed by atoms with Gasteiger partial charge in [0.15, 0.2) is 5.13 Å². The van der Waals surface area contributed by atoms with Crippen LogP contribution in [-0.2, 0) is 9.53 Å². The fourth-order valence-corrected chi connectivity index (χ4v) is 3.37. The summed E-state index contributed by atoms with van der Waals surface area (Å²) in [4.78, 5) is 16.6. The van der Waals surface area contributed by atoms with Crippen molar-refractivity contribution in [3.05, 3.63) is 12.1 Å². The SMILES string of the molecule is COc1cc(N)cc2sc(NC(=O)C3OCCC3C)nc12. The number of hydrogen-bond donors (Lipinski definition) is 2. The summed E-state index contributed by atoms with van der Waals surface area (Å²) in [5.41, 5.74) is 7.13. The van der Waals surface area contributed by atoms with Gasteiger partial charge in [0.1, 0.15) is 17.4 Å². The highest BCUT2D eigenvalue weighted by atomic mass is 32.1. The summed E-state index contributed by atoms with van der Waals surface area (Å²) in [7, 11) is 1.57. The van der Waals surface area contributed by atoms with Crippen LogP contribution >= 0.6 is 11.3 Å². The lowest BCUT2D eigenvalue weighted by Gasteiger charge is -2.12. The van der Waals surface area contributed by atoms with Gasteiger partial charge in [0.25, 0.3) is 5.91 Å². The van der Waals surface area contributed by atoms with E-state index in [0.29, 0.717) is 28.7 Å². The molecule has 1 aromatic carbocycles. The van der Waals surface area contributed by atoms with Gasteiger partial charge in [0.05, 0.1) is 11.8 Å². The largest absolute Gasteiger partial charge is 0.494 e.